The molecule has 3 heteroatoms. The van der Waals surface area contributed by atoms with E-state index in [4.69, 9.17) is 4.74 Å². The van der Waals surface area contributed by atoms with Crippen molar-refractivity contribution in [3.8, 4) is 0 Å². The maximum absolute atomic E-state index is 6.17. The van der Waals surface area contributed by atoms with Crippen molar-refractivity contribution >= 4 is 0 Å². The molecule has 20 heavy (non-hydrogen) atoms. The summed E-state index contributed by atoms with van der Waals surface area (Å²) in [5.74, 6) is 0.957. The molecule has 2 saturated heterocycles. The maximum atomic E-state index is 6.17. The van der Waals surface area contributed by atoms with Crippen LogP contribution in [0.5, 0.6) is 0 Å². The third kappa shape index (κ3) is 3.55. The van der Waals surface area contributed by atoms with E-state index in [0.717, 1.165) is 18.6 Å². The summed E-state index contributed by atoms with van der Waals surface area (Å²) in [6.07, 6.45) is 12.1. The summed E-state index contributed by atoms with van der Waals surface area (Å²) in [5.41, 5.74) is 0.270. The van der Waals surface area contributed by atoms with Crippen molar-refractivity contribution in [3.63, 3.8) is 0 Å². The molecule has 3 aliphatic rings. The standard InChI is InChI=1S/C17H32N2O/c1-19(12-6-15-4-10-18-11-5-15)16-7-13-20-17(14-16)8-2-3-9-17/h15-16,18H,2-14H2,1H3. The fourth-order valence-corrected chi connectivity index (χ4v) is 4.49. The number of nitrogens with one attached hydrogen (secondary N) is 1. The molecule has 3 fully saturated rings. The van der Waals surface area contributed by atoms with E-state index in [1.807, 2.05) is 0 Å². The topological polar surface area (TPSA) is 24.5 Å². The molecule has 0 aromatic rings. The van der Waals surface area contributed by atoms with Crippen LogP contribution in [0, 0.1) is 5.92 Å². The third-order valence-electron chi connectivity index (χ3n) is 5.95. The summed E-state index contributed by atoms with van der Waals surface area (Å²) < 4.78 is 6.17. The molecule has 0 amide bonds. The van der Waals surface area contributed by atoms with E-state index in [1.54, 1.807) is 0 Å². The van der Waals surface area contributed by atoms with Crippen LogP contribution in [0.3, 0.4) is 0 Å². The van der Waals surface area contributed by atoms with E-state index in [-0.39, 0.29) is 5.60 Å². The summed E-state index contributed by atoms with van der Waals surface area (Å²) in [6, 6.07) is 0.767. The Hall–Kier alpha value is -0.120. The molecule has 1 aliphatic carbocycles. The van der Waals surface area contributed by atoms with Gasteiger partial charge in [-0.3, -0.25) is 0 Å². The zero-order valence-electron chi connectivity index (χ0n) is 13.2. The Bertz CT molecular complexity index is 295. The lowest BCUT2D eigenvalue weighted by molar-refractivity contribution is -0.0991. The van der Waals surface area contributed by atoms with Crippen molar-refractivity contribution in [1.29, 1.82) is 0 Å². The average molecular weight is 280 g/mol. The summed E-state index contributed by atoms with van der Waals surface area (Å²) in [6.45, 7) is 4.73. The summed E-state index contributed by atoms with van der Waals surface area (Å²) in [5, 5.41) is 3.47. The fourth-order valence-electron chi connectivity index (χ4n) is 4.49. The number of piperidine rings is 1. The second kappa shape index (κ2) is 6.76. The molecule has 0 radical (unpaired) electrons. The Morgan fingerprint density at radius 2 is 1.90 bits per heavy atom. The molecule has 2 aliphatic heterocycles. The molecular weight excluding hydrogens is 248 g/mol. The highest BCUT2D eigenvalue weighted by Crippen LogP contribution is 2.41. The lowest BCUT2D eigenvalue weighted by atomic mass is 9.87. The largest absolute Gasteiger partial charge is 0.375 e. The Kier molecular flexibility index (Phi) is 5.00. The average Bonchev–Trinajstić information content (AvgIpc) is 2.93. The van der Waals surface area contributed by atoms with Gasteiger partial charge in [0.2, 0.25) is 0 Å². The predicted octanol–water partition coefficient (Wildman–Crippen LogP) is 2.80. The molecule has 1 N–H and O–H groups in total. The molecular formula is C17H32N2O. The fraction of sp³-hybridized carbons (Fsp3) is 1.00. The van der Waals surface area contributed by atoms with Crippen molar-refractivity contribution in [2.75, 3.05) is 33.3 Å². The lowest BCUT2D eigenvalue weighted by Crippen LogP contribution is -2.46. The van der Waals surface area contributed by atoms with Gasteiger partial charge in [0.05, 0.1) is 5.60 Å². The highest BCUT2D eigenvalue weighted by atomic mass is 16.5. The first-order valence-electron chi connectivity index (χ1n) is 8.82. The van der Waals surface area contributed by atoms with Gasteiger partial charge >= 0.3 is 0 Å². The van der Waals surface area contributed by atoms with Crippen LogP contribution in [-0.2, 0) is 4.74 Å². The molecule has 0 bridgehead atoms. The quantitative estimate of drug-likeness (QED) is 0.857. The third-order valence-corrected chi connectivity index (χ3v) is 5.95. The van der Waals surface area contributed by atoms with Crippen molar-refractivity contribution < 1.29 is 4.74 Å². The lowest BCUT2D eigenvalue weighted by Gasteiger charge is -2.42. The Morgan fingerprint density at radius 3 is 2.65 bits per heavy atom. The zero-order chi connectivity index (χ0) is 13.8. The molecule has 3 rings (SSSR count). The molecule has 1 spiro atoms. The van der Waals surface area contributed by atoms with Crippen LogP contribution in [0.25, 0.3) is 0 Å². The van der Waals surface area contributed by atoms with E-state index >= 15 is 0 Å². The van der Waals surface area contributed by atoms with Gasteiger partial charge in [-0.15, -0.1) is 0 Å². The van der Waals surface area contributed by atoms with Gasteiger partial charge in [0.1, 0.15) is 0 Å². The van der Waals surface area contributed by atoms with E-state index < -0.39 is 0 Å². The van der Waals surface area contributed by atoms with Crippen LogP contribution in [0.2, 0.25) is 0 Å². The maximum Gasteiger partial charge on any atom is 0.0697 e. The first-order valence-corrected chi connectivity index (χ1v) is 8.82. The minimum atomic E-state index is 0.270. The van der Waals surface area contributed by atoms with E-state index in [9.17, 15) is 0 Å². The van der Waals surface area contributed by atoms with E-state index in [0.29, 0.717) is 0 Å². The van der Waals surface area contributed by atoms with Crippen LogP contribution in [0.15, 0.2) is 0 Å². The Labute approximate surface area is 124 Å². The Balaban J connectivity index is 1.45. The second-order valence-electron chi connectivity index (χ2n) is 7.35. The van der Waals surface area contributed by atoms with Crippen molar-refractivity contribution in [1.82, 2.24) is 10.2 Å². The molecule has 2 heterocycles. The molecule has 1 unspecified atom stereocenters. The van der Waals surface area contributed by atoms with Crippen LogP contribution in [0.4, 0.5) is 0 Å². The number of rotatable bonds is 4. The first kappa shape index (κ1) is 14.8. The normalized spacial score (nSPS) is 31.2. The predicted molar refractivity (Wildman–Crippen MR) is 83.0 cm³/mol. The highest BCUT2D eigenvalue weighted by molar-refractivity contribution is 4.93. The number of hydrogen-bond acceptors (Lipinski definition) is 3. The molecule has 1 saturated carbocycles. The van der Waals surface area contributed by atoms with Gasteiger partial charge in [0, 0.05) is 12.6 Å². The SMILES string of the molecule is CN(CCC1CCNCC1)C1CCOC2(CCCC2)C1. The van der Waals surface area contributed by atoms with Gasteiger partial charge in [-0.05, 0) is 77.5 Å². The molecule has 0 aromatic heterocycles. The van der Waals surface area contributed by atoms with Crippen LogP contribution < -0.4 is 5.32 Å². The highest BCUT2D eigenvalue weighted by Gasteiger charge is 2.40. The summed E-state index contributed by atoms with van der Waals surface area (Å²) in [4.78, 5) is 2.64. The van der Waals surface area contributed by atoms with Crippen LogP contribution in [0.1, 0.15) is 57.8 Å². The zero-order valence-corrected chi connectivity index (χ0v) is 13.2. The van der Waals surface area contributed by atoms with Crippen molar-refractivity contribution in [2.45, 2.75) is 69.4 Å². The van der Waals surface area contributed by atoms with Crippen molar-refractivity contribution in [2.24, 2.45) is 5.92 Å². The van der Waals surface area contributed by atoms with Gasteiger partial charge < -0.3 is 15.0 Å². The molecule has 0 aromatic carbocycles. The monoisotopic (exact) mass is 280 g/mol. The summed E-state index contributed by atoms with van der Waals surface area (Å²) in [7, 11) is 2.35. The van der Waals surface area contributed by atoms with Crippen LogP contribution >= 0.6 is 0 Å². The van der Waals surface area contributed by atoms with Crippen LogP contribution in [-0.4, -0.2) is 49.8 Å². The van der Waals surface area contributed by atoms with E-state index in [2.05, 4.69) is 17.3 Å². The Morgan fingerprint density at radius 1 is 1.15 bits per heavy atom. The number of hydrogen-bond donors (Lipinski definition) is 1. The molecule has 1 atom stereocenters. The van der Waals surface area contributed by atoms with Gasteiger partial charge in [-0.1, -0.05) is 12.8 Å². The number of nitrogens with zero attached hydrogens (tertiary/aromatic N) is 1. The van der Waals surface area contributed by atoms with Gasteiger partial charge in [0.15, 0.2) is 0 Å². The molecule has 116 valence electrons. The minimum absolute atomic E-state index is 0.270. The molecule has 3 nitrogen and oxygen atoms in total. The minimum Gasteiger partial charge on any atom is -0.375 e. The van der Waals surface area contributed by atoms with Gasteiger partial charge in [0.25, 0.3) is 0 Å². The number of ether oxygens (including phenoxy) is 1. The summed E-state index contributed by atoms with van der Waals surface area (Å²) >= 11 is 0. The first-order chi connectivity index (χ1) is 9.77. The van der Waals surface area contributed by atoms with Crippen molar-refractivity contribution in [3.05, 3.63) is 0 Å². The van der Waals surface area contributed by atoms with Gasteiger partial charge in [-0.2, -0.15) is 0 Å². The second-order valence-corrected chi connectivity index (χ2v) is 7.35. The van der Waals surface area contributed by atoms with Gasteiger partial charge in [-0.25, -0.2) is 0 Å². The smallest absolute Gasteiger partial charge is 0.0697 e. The van der Waals surface area contributed by atoms with E-state index in [1.165, 1.54) is 77.4 Å².